The number of carbonyl (C=O) groups excluding carboxylic acids is 3. The highest BCUT2D eigenvalue weighted by molar-refractivity contribution is 5.97. The van der Waals surface area contributed by atoms with Crippen LogP contribution in [-0.4, -0.2) is 66.4 Å². The van der Waals surface area contributed by atoms with Gasteiger partial charge in [-0.05, 0) is 72.0 Å². The number of phenolic OH excluding ortho intramolecular Hbond substituents is 1. The van der Waals surface area contributed by atoms with Crippen LogP contribution < -0.4 is 14.8 Å². The Bertz CT molecular complexity index is 1440. The molecule has 0 radical (unpaired) electrons. The number of hydrogen-bond donors (Lipinski definition) is 2. The molecule has 0 spiro atoms. The number of aromatic hydroxyl groups is 1. The molecule has 40 heavy (non-hydrogen) atoms. The molecule has 0 aromatic heterocycles. The first-order valence-corrected chi connectivity index (χ1v) is 13.4. The minimum absolute atomic E-state index is 0.0768. The molecule has 0 fully saturated rings. The molecule has 3 heterocycles. The third-order valence-corrected chi connectivity index (χ3v) is 7.21. The van der Waals surface area contributed by atoms with Crippen LogP contribution in [0.25, 0.3) is 0 Å². The fraction of sp³-hybridized carbons (Fsp3) is 0.323. The molecule has 2 N–H and O–H groups in total. The molecule has 208 valence electrons. The van der Waals surface area contributed by atoms with Crippen molar-refractivity contribution in [2.24, 2.45) is 0 Å². The number of nitrogens with zero attached hydrogens (tertiary/aromatic N) is 2. The summed E-state index contributed by atoms with van der Waals surface area (Å²) in [5.74, 6) is 0.999. The van der Waals surface area contributed by atoms with Gasteiger partial charge in [-0.3, -0.25) is 14.4 Å². The number of rotatable bonds is 3. The maximum atomic E-state index is 13.5. The summed E-state index contributed by atoms with van der Waals surface area (Å²) in [6, 6.07) is 17.7. The first-order chi connectivity index (χ1) is 19.3. The fourth-order valence-electron chi connectivity index (χ4n) is 5.11. The number of carbonyl (C=O) groups is 3. The van der Waals surface area contributed by atoms with Gasteiger partial charge in [-0.1, -0.05) is 18.2 Å². The second kappa shape index (κ2) is 11.7. The number of fused-ring (bicyclic) bond motifs is 6. The van der Waals surface area contributed by atoms with Crippen molar-refractivity contribution in [2.75, 3.05) is 33.8 Å². The molecular formula is C31H33N3O6. The number of benzene rings is 3. The number of hydrogen-bond acceptors (Lipinski definition) is 6. The lowest BCUT2D eigenvalue weighted by atomic mass is 9.87. The molecule has 0 saturated carbocycles. The first kappa shape index (κ1) is 27.1. The smallest absolute Gasteiger partial charge is 0.255 e. The number of ether oxygens (including phenoxy) is 2. The van der Waals surface area contributed by atoms with Crippen LogP contribution in [0.1, 0.15) is 52.4 Å². The van der Waals surface area contributed by atoms with E-state index in [2.05, 4.69) is 5.32 Å². The second-order valence-corrected chi connectivity index (χ2v) is 10.2. The number of amides is 3. The van der Waals surface area contributed by atoms with Crippen molar-refractivity contribution >= 4 is 17.7 Å². The Balaban J connectivity index is 1.52. The van der Waals surface area contributed by atoms with Crippen LogP contribution >= 0.6 is 0 Å². The summed E-state index contributed by atoms with van der Waals surface area (Å²) in [6.45, 7) is 1.23. The lowest BCUT2D eigenvalue weighted by Gasteiger charge is -2.38. The van der Waals surface area contributed by atoms with Crippen molar-refractivity contribution in [3.05, 3.63) is 82.9 Å². The van der Waals surface area contributed by atoms with Gasteiger partial charge in [0.1, 0.15) is 23.0 Å². The topological polar surface area (TPSA) is 108 Å². The standard InChI is InChI=1S/C31H33N3O6/c1-33(2)28(36)11-12-29(37)34-15-13-20-17-23-7-9-25(20)30(34)21-5-3-6-22(18-21)39-16-4-14-32-31(38)26-19-24(40-23)8-10-27(26)35/h3,5-10,17-19,30,35H,4,11-16H2,1-2H3,(H,32,38). The molecule has 3 aromatic rings. The molecular weight excluding hydrogens is 510 g/mol. The van der Waals surface area contributed by atoms with Gasteiger partial charge < -0.3 is 29.7 Å². The zero-order valence-electron chi connectivity index (χ0n) is 22.7. The molecule has 3 aromatic carbocycles. The molecule has 3 aliphatic rings. The van der Waals surface area contributed by atoms with E-state index in [0.29, 0.717) is 49.8 Å². The Labute approximate surface area is 233 Å². The van der Waals surface area contributed by atoms with E-state index in [0.717, 1.165) is 16.7 Å². The number of nitrogens with one attached hydrogen (secondary N) is 1. The third kappa shape index (κ3) is 5.88. The van der Waals surface area contributed by atoms with Crippen LogP contribution in [0.3, 0.4) is 0 Å². The Morgan fingerprint density at radius 3 is 2.65 bits per heavy atom. The van der Waals surface area contributed by atoms with Gasteiger partial charge in [-0.25, -0.2) is 0 Å². The average Bonchev–Trinajstić information content (AvgIpc) is 2.95. The Hall–Kier alpha value is -4.53. The molecule has 6 rings (SSSR count). The minimum Gasteiger partial charge on any atom is -0.507 e. The quantitative estimate of drug-likeness (QED) is 0.516. The molecule has 8 bridgehead atoms. The molecule has 0 aliphatic carbocycles. The van der Waals surface area contributed by atoms with E-state index in [-0.39, 0.29) is 42.0 Å². The highest BCUT2D eigenvalue weighted by atomic mass is 16.5. The predicted octanol–water partition coefficient (Wildman–Crippen LogP) is 4.04. The van der Waals surface area contributed by atoms with Crippen LogP contribution in [0, 0.1) is 0 Å². The lowest BCUT2D eigenvalue weighted by Crippen LogP contribution is -2.41. The van der Waals surface area contributed by atoms with Crippen molar-refractivity contribution in [3.8, 4) is 23.0 Å². The average molecular weight is 544 g/mol. The van der Waals surface area contributed by atoms with Gasteiger partial charge in [0, 0.05) is 40.0 Å². The molecule has 1 atom stereocenters. The summed E-state index contributed by atoms with van der Waals surface area (Å²) in [6.07, 6.45) is 1.47. The normalized spacial score (nSPS) is 16.6. The summed E-state index contributed by atoms with van der Waals surface area (Å²) >= 11 is 0. The summed E-state index contributed by atoms with van der Waals surface area (Å²) in [7, 11) is 3.38. The zero-order chi connectivity index (χ0) is 28.2. The maximum Gasteiger partial charge on any atom is 0.255 e. The van der Waals surface area contributed by atoms with E-state index < -0.39 is 5.91 Å². The Kier molecular flexibility index (Phi) is 7.91. The molecule has 3 aliphatic heterocycles. The Morgan fingerprint density at radius 2 is 1.82 bits per heavy atom. The van der Waals surface area contributed by atoms with Gasteiger partial charge in [0.2, 0.25) is 11.8 Å². The summed E-state index contributed by atoms with van der Waals surface area (Å²) < 4.78 is 12.1. The summed E-state index contributed by atoms with van der Waals surface area (Å²) in [5, 5.41) is 13.1. The van der Waals surface area contributed by atoms with Crippen LogP contribution in [0.5, 0.6) is 23.0 Å². The molecule has 0 saturated heterocycles. The van der Waals surface area contributed by atoms with Crippen LogP contribution in [-0.2, 0) is 16.0 Å². The van der Waals surface area contributed by atoms with Gasteiger partial charge in [0.15, 0.2) is 0 Å². The van der Waals surface area contributed by atoms with Crippen molar-refractivity contribution in [1.29, 1.82) is 0 Å². The van der Waals surface area contributed by atoms with Gasteiger partial charge in [-0.2, -0.15) is 0 Å². The zero-order valence-corrected chi connectivity index (χ0v) is 22.7. The highest BCUT2D eigenvalue weighted by Crippen LogP contribution is 2.39. The molecule has 1 unspecified atom stereocenters. The maximum absolute atomic E-state index is 13.5. The van der Waals surface area contributed by atoms with Crippen molar-refractivity contribution in [1.82, 2.24) is 15.1 Å². The van der Waals surface area contributed by atoms with Gasteiger partial charge in [0.05, 0.1) is 18.2 Å². The van der Waals surface area contributed by atoms with Crippen LogP contribution in [0.15, 0.2) is 60.7 Å². The largest absolute Gasteiger partial charge is 0.507 e. The summed E-state index contributed by atoms with van der Waals surface area (Å²) in [5.41, 5.74) is 3.07. The van der Waals surface area contributed by atoms with Crippen molar-refractivity contribution in [3.63, 3.8) is 0 Å². The number of phenols is 1. The summed E-state index contributed by atoms with van der Waals surface area (Å²) in [4.78, 5) is 41.7. The van der Waals surface area contributed by atoms with E-state index >= 15 is 0 Å². The van der Waals surface area contributed by atoms with E-state index in [4.69, 9.17) is 9.47 Å². The van der Waals surface area contributed by atoms with E-state index in [1.54, 1.807) is 20.2 Å². The monoisotopic (exact) mass is 543 g/mol. The van der Waals surface area contributed by atoms with Crippen LogP contribution in [0.2, 0.25) is 0 Å². The van der Waals surface area contributed by atoms with E-state index in [9.17, 15) is 19.5 Å². The predicted molar refractivity (Wildman–Crippen MR) is 149 cm³/mol. The molecule has 3 amide bonds. The second-order valence-electron chi connectivity index (χ2n) is 10.2. The highest BCUT2D eigenvalue weighted by Gasteiger charge is 2.33. The van der Waals surface area contributed by atoms with Gasteiger partial charge in [0.25, 0.3) is 5.91 Å². The first-order valence-electron chi connectivity index (χ1n) is 13.4. The van der Waals surface area contributed by atoms with E-state index in [1.165, 1.54) is 17.0 Å². The minimum atomic E-state index is -0.392. The van der Waals surface area contributed by atoms with Crippen molar-refractivity contribution < 1.29 is 29.0 Å². The van der Waals surface area contributed by atoms with Gasteiger partial charge in [-0.15, -0.1) is 0 Å². The molecule has 9 heteroatoms. The molecule has 9 nitrogen and oxygen atoms in total. The lowest BCUT2D eigenvalue weighted by molar-refractivity contribution is -0.137. The van der Waals surface area contributed by atoms with Crippen molar-refractivity contribution in [2.45, 2.75) is 31.7 Å². The third-order valence-electron chi connectivity index (χ3n) is 7.21. The van der Waals surface area contributed by atoms with Crippen LogP contribution in [0.4, 0.5) is 0 Å². The van der Waals surface area contributed by atoms with E-state index in [1.807, 2.05) is 47.4 Å². The SMILES string of the molecule is CN(C)C(=O)CCC(=O)N1CCc2cc3ccc2C1c1cccc(c1)OCCCNC(=O)c1cc(ccc1O)O3. The van der Waals surface area contributed by atoms with Gasteiger partial charge >= 0.3 is 0 Å². The fourth-order valence-corrected chi connectivity index (χ4v) is 5.11. The Morgan fingerprint density at radius 1 is 1.02 bits per heavy atom.